The molecular weight excluding hydrogens is 332 g/mol. The van der Waals surface area contributed by atoms with Gasteiger partial charge < -0.3 is 24.4 Å². The summed E-state index contributed by atoms with van der Waals surface area (Å²) < 4.78 is 15.8. The molecule has 0 radical (unpaired) electrons. The first-order chi connectivity index (χ1) is 11.8. The molecule has 0 spiro atoms. The number of fused-ring (bicyclic) bond motifs is 4. The van der Waals surface area contributed by atoms with E-state index >= 15 is 0 Å². The molecule has 130 valence electrons. The summed E-state index contributed by atoms with van der Waals surface area (Å²) in [6.45, 7) is 1.78. The Morgan fingerprint density at radius 3 is 2.52 bits per heavy atom. The Labute approximate surface area is 141 Å². The zero-order chi connectivity index (χ0) is 18.0. The second kappa shape index (κ2) is 5.06. The van der Waals surface area contributed by atoms with E-state index < -0.39 is 52.4 Å². The van der Waals surface area contributed by atoms with Crippen LogP contribution in [0.2, 0.25) is 0 Å². The van der Waals surface area contributed by atoms with Gasteiger partial charge in [0, 0.05) is 18.1 Å². The van der Waals surface area contributed by atoms with E-state index in [9.17, 15) is 24.6 Å². The van der Waals surface area contributed by atoms with Crippen molar-refractivity contribution in [3.8, 4) is 11.5 Å². The fraction of sp³-hybridized carbons (Fsp3) is 0.353. The van der Waals surface area contributed by atoms with E-state index in [1.165, 1.54) is 7.11 Å². The predicted octanol–water partition coefficient (Wildman–Crippen LogP) is 1.40. The molecule has 8 heteroatoms. The first-order valence-corrected chi connectivity index (χ1v) is 7.68. The van der Waals surface area contributed by atoms with Crippen LogP contribution in [0, 0.1) is 0 Å². The van der Waals surface area contributed by atoms with E-state index in [2.05, 4.69) is 0 Å². The van der Waals surface area contributed by atoms with E-state index in [0.717, 1.165) is 6.08 Å². The predicted molar refractivity (Wildman–Crippen MR) is 80.6 cm³/mol. The highest BCUT2D eigenvalue weighted by molar-refractivity contribution is 6.27. The summed E-state index contributed by atoms with van der Waals surface area (Å²) in [5, 5.41) is 21.2. The van der Waals surface area contributed by atoms with Crippen molar-refractivity contribution in [3.63, 3.8) is 0 Å². The molecule has 4 rings (SSSR count). The summed E-state index contributed by atoms with van der Waals surface area (Å²) >= 11 is 0. The number of aromatic hydroxyl groups is 2. The molecule has 1 aromatic carbocycles. The maximum Gasteiger partial charge on any atom is 0.342 e. The number of carbonyl (C=O) groups is 3. The third kappa shape index (κ3) is 1.94. The van der Waals surface area contributed by atoms with E-state index in [1.54, 1.807) is 6.92 Å². The summed E-state index contributed by atoms with van der Waals surface area (Å²) in [6.07, 6.45) is -0.369. The Balaban J connectivity index is 2.03. The van der Waals surface area contributed by atoms with Crippen molar-refractivity contribution in [1.29, 1.82) is 0 Å². The monoisotopic (exact) mass is 346 g/mol. The average molecular weight is 346 g/mol. The number of benzene rings is 1. The molecule has 3 aliphatic rings. The molecule has 0 aromatic heterocycles. The third-order valence-corrected chi connectivity index (χ3v) is 4.69. The number of esters is 1. The lowest BCUT2D eigenvalue weighted by atomic mass is 9.83. The SMILES string of the molecule is COC1=CC(=O)c2c(O)c3c(c(O)c2C1=O)[C@@H]1O[C@@H](C)C[C@@H]1OC3=O. The molecule has 0 saturated carbocycles. The Morgan fingerprint density at radius 2 is 1.84 bits per heavy atom. The summed E-state index contributed by atoms with van der Waals surface area (Å²) in [6, 6.07) is 0. The number of rotatable bonds is 1. The molecule has 2 heterocycles. The van der Waals surface area contributed by atoms with Crippen molar-refractivity contribution in [2.45, 2.75) is 31.7 Å². The molecule has 1 aliphatic carbocycles. The molecule has 2 aliphatic heterocycles. The number of ketones is 2. The molecule has 2 N–H and O–H groups in total. The van der Waals surface area contributed by atoms with Crippen LogP contribution >= 0.6 is 0 Å². The van der Waals surface area contributed by atoms with Crippen LogP contribution in [0.5, 0.6) is 11.5 Å². The molecule has 8 nitrogen and oxygen atoms in total. The highest BCUT2D eigenvalue weighted by atomic mass is 16.6. The lowest BCUT2D eigenvalue weighted by Gasteiger charge is -2.30. The van der Waals surface area contributed by atoms with E-state index in [-0.39, 0.29) is 23.0 Å². The zero-order valence-electron chi connectivity index (χ0n) is 13.4. The Morgan fingerprint density at radius 1 is 1.12 bits per heavy atom. The molecule has 1 fully saturated rings. The second-order valence-corrected chi connectivity index (χ2v) is 6.19. The number of hydrogen-bond acceptors (Lipinski definition) is 8. The van der Waals surface area contributed by atoms with E-state index in [0.29, 0.717) is 6.42 Å². The quantitative estimate of drug-likeness (QED) is 0.578. The maximum absolute atomic E-state index is 12.5. The summed E-state index contributed by atoms with van der Waals surface area (Å²) in [5.74, 6) is -3.90. The highest BCUT2D eigenvalue weighted by Gasteiger charge is 2.49. The lowest BCUT2D eigenvalue weighted by molar-refractivity contribution is -0.0207. The third-order valence-electron chi connectivity index (χ3n) is 4.69. The van der Waals surface area contributed by atoms with Gasteiger partial charge in [0.25, 0.3) is 0 Å². The molecule has 3 atom stereocenters. The number of methoxy groups -OCH3 is 1. The van der Waals surface area contributed by atoms with Crippen molar-refractivity contribution in [2.24, 2.45) is 0 Å². The van der Waals surface area contributed by atoms with Crippen molar-refractivity contribution in [3.05, 3.63) is 34.1 Å². The lowest BCUT2D eigenvalue weighted by Crippen LogP contribution is -2.31. The first-order valence-electron chi connectivity index (χ1n) is 7.68. The normalized spacial score (nSPS) is 27.2. The van der Waals surface area contributed by atoms with Crippen molar-refractivity contribution in [2.75, 3.05) is 7.11 Å². The molecule has 1 saturated heterocycles. The number of carbonyl (C=O) groups excluding carboxylic acids is 3. The van der Waals surface area contributed by atoms with Crippen LogP contribution in [0.15, 0.2) is 11.8 Å². The standard InChI is InChI=1S/C17H14O8/c1-5-3-8-16(24-5)11-12(17(22)25-8)14(20)9-6(18)4-7(23-2)13(19)10(9)15(11)21/h4-5,8,16,20-21H,3H2,1-2H3/t5-,8-,16+/m0/s1. The maximum atomic E-state index is 12.5. The van der Waals surface area contributed by atoms with Gasteiger partial charge in [-0.1, -0.05) is 0 Å². The van der Waals surface area contributed by atoms with Crippen LogP contribution in [0.25, 0.3) is 0 Å². The van der Waals surface area contributed by atoms with Crippen LogP contribution in [-0.4, -0.2) is 47.1 Å². The highest BCUT2D eigenvalue weighted by Crippen LogP contribution is 2.51. The zero-order valence-corrected chi connectivity index (χ0v) is 13.4. The van der Waals surface area contributed by atoms with Crippen molar-refractivity contribution in [1.82, 2.24) is 0 Å². The van der Waals surface area contributed by atoms with Gasteiger partial charge in [0.15, 0.2) is 11.5 Å². The Kier molecular flexibility index (Phi) is 3.17. The Bertz CT molecular complexity index is 881. The fourth-order valence-corrected chi connectivity index (χ4v) is 3.62. The van der Waals surface area contributed by atoms with Gasteiger partial charge in [-0.3, -0.25) is 9.59 Å². The van der Waals surface area contributed by atoms with Crippen molar-refractivity contribution < 1.29 is 38.8 Å². The second-order valence-electron chi connectivity index (χ2n) is 6.19. The number of Topliss-reactive ketones (excluding diaryl/α,β-unsaturated/α-hetero) is 1. The van der Waals surface area contributed by atoms with Gasteiger partial charge in [-0.15, -0.1) is 0 Å². The summed E-state index contributed by atoms with van der Waals surface area (Å²) in [7, 11) is 1.21. The van der Waals surface area contributed by atoms with Crippen LogP contribution in [-0.2, 0) is 14.2 Å². The minimum atomic E-state index is -0.869. The van der Waals surface area contributed by atoms with Gasteiger partial charge in [-0.2, -0.15) is 0 Å². The van der Waals surface area contributed by atoms with Gasteiger partial charge in [0.1, 0.15) is 29.3 Å². The number of ether oxygens (including phenoxy) is 3. The van der Waals surface area contributed by atoms with E-state index in [1.807, 2.05) is 0 Å². The van der Waals surface area contributed by atoms with Gasteiger partial charge >= 0.3 is 5.97 Å². The average Bonchev–Trinajstić information content (AvgIpc) is 2.92. The van der Waals surface area contributed by atoms with Crippen molar-refractivity contribution >= 4 is 17.5 Å². The fourth-order valence-electron chi connectivity index (χ4n) is 3.62. The molecule has 0 amide bonds. The van der Waals surface area contributed by atoms with E-state index in [4.69, 9.17) is 14.2 Å². The van der Waals surface area contributed by atoms with Gasteiger partial charge in [0.05, 0.1) is 24.3 Å². The van der Waals surface area contributed by atoms with Gasteiger partial charge in [-0.25, -0.2) is 4.79 Å². The minimum Gasteiger partial charge on any atom is -0.507 e. The van der Waals surface area contributed by atoms with Gasteiger partial charge in [0.2, 0.25) is 5.78 Å². The molecule has 1 aromatic rings. The number of phenolic OH excluding ortho intramolecular Hbond substituents is 2. The smallest absolute Gasteiger partial charge is 0.342 e. The van der Waals surface area contributed by atoms with Crippen LogP contribution < -0.4 is 0 Å². The summed E-state index contributed by atoms with van der Waals surface area (Å²) in [4.78, 5) is 37.1. The first kappa shape index (κ1) is 15.6. The van der Waals surface area contributed by atoms with Crippen LogP contribution in [0.1, 0.15) is 56.1 Å². The minimum absolute atomic E-state index is 0.0275. The molecule has 25 heavy (non-hydrogen) atoms. The summed E-state index contributed by atoms with van der Waals surface area (Å²) in [5.41, 5.74) is -1.21. The number of allylic oxidation sites excluding steroid dienone is 2. The Hall–Kier alpha value is -2.87. The largest absolute Gasteiger partial charge is 0.507 e. The molecule has 0 unspecified atom stereocenters. The number of phenols is 2. The van der Waals surface area contributed by atoms with Gasteiger partial charge in [-0.05, 0) is 6.92 Å². The molecule has 0 bridgehead atoms. The van der Waals surface area contributed by atoms with Crippen LogP contribution in [0.3, 0.4) is 0 Å². The van der Waals surface area contributed by atoms with Crippen LogP contribution in [0.4, 0.5) is 0 Å². The number of hydrogen-bond donors (Lipinski definition) is 2. The topological polar surface area (TPSA) is 119 Å². The molecular formula is C17H14O8.